The smallest absolute Gasteiger partial charge is 0.140 e. The molecule has 0 bridgehead atoms. The molecule has 0 spiro atoms. The molecular formula is C11H19NO2. The van der Waals surface area contributed by atoms with Gasteiger partial charge in [0, 0.05) is 23.9 Å². The molecule has 1 aliphatic carbocycles. The molecule has 80 valence electrons. The van der Waals surface area contributed by atoms with Gasteiger partial charge in [-0.1, -0.05) is 13.3 Å². The van der Waals surface area contributed by atoms with Crippen LogP contribution >= 0.6 is 0 Å². The molecule has 0 radical (unpaired) electrons. The minimum absolute atomic E-state index is 0.132. The maximum Gasteiger partial charge on any atom is 0.140 e. The summed E-state index contributed by atoms with van der Waals surface area (Å²) < 4.78 is 0. The Bertz CT molecular complexity index is 241. The summed E-state index contributed by atoms with van der Waals surface area (Å²) in [5.41, 5.74) is -0.204. The van der Waals surface area contributed by atoms with E-state index < -0.39 is 0 Å². The summed E-state index contributed by atoms with van der Waals surface area (Å²) in [7, 11) is 0. The van der Waals surface area contributed by atoms with Crippen molar-refractivity contribution in [2.24, 2.45) is 5.41 Å². The Labute approximate surface area is 84.9 Å². The zero-order valence-electron chi connectivity index (χ0n) is 8.75. The number of aliphatic hydroxyl groups excluding tert-OH is 1. The first-order valence-electron chi connectivity index (χ1n) is 5.57. The summed E-state index contributed by atoms with van der Waals surface area (Å²) in [6.45, 7) is 2.22. The van der Waals surface area contributed by atoms with Gasteiger partial charge >= 0.3 is 0 Å². The van der Waals surface area contributed by atoms with Gasteiger partial charge in [-0.3, -0.25) is 4.79 Å². The third kappa shape index (κ3) is 1.48. The molecule has 2 rings (SSSR count). The summed E-state index contributed by atoms with van der Waals surface area (Å²) >= 11 is 0. The third-order valence-electron chi connectivity index (χ3n) is 3.88. The largest absolute Gasteiger partial charge is 0.395 e. The van der Waals surface area contributed by atoms with Crippen LogP contribution in [0.1, 0.15) is 39.0 Å². The highest BCUT2D eigenvalue weighted by molar-refractivity contribution is 5.86. The molecule has 2 N–H and O–H groups in total. The van der Waals surface area contributed by atoms with Gasteiger partial charge in [0.1, 0.15) is 5.78 Å². The van der Waals surface area contributed by atoms with E-state index in [0.29, 0.717) is 11.8 Å². The number of aliphatic hydroxyl groups is 1. The SMILES string of the molecule is CC12CC(CO)NC1CCCCC2=O. The molecule has 3 atom stereocenters. The molecule has 2 aliphatic rings. The molecule has 0 aromatic heterocycles. The standard InChI is InChI=1S/C11H19NO2/c1-11-6-8(7-13)12-9(11)4-2-3-5-10(11)14/h8-9,12-13H,2-7H2,1H3. The van der Waals surface area contributed by atoms with Gasteiger partial charge < -0.3 is 10.4 Å². The molecule has 0 amide bonds. The second kappa shape index (κ2) is 3.63. The number of hydrogen-bond acceptors (Lipinski definition) is 3. The first-order valence-corrected chi connectivity index (χ1v) is 5.57. The Hall–Kier alpha value is -0.410. The van der Waals surface area contributed by atoms with Crippen LogP contribution in [0.5, 0.6) is 0 Å². The lowest BCUT2D eigenvalue weighted by Gasteiger charge is -2.26. The Morgan fingerprint density at radius 2 is 2.36 bits per heavy atom. The number of rotatable bonds is 1. The van der Waals surface area contributed by atoms with Crippen molar-refractivity contribution in [2.45, 2.75) is 51.1 Å². The molecule has 1 heterocycles. The molecule has 1 saturated heterocycles. The molecule has 2 fully saturated rings. The average molecular weight is 197 g/mol. The van der Waals surface area contributed by atoms with Crippen molar-refractivity contribution >= 4 is 5.78 Å². The number of hydrogen-bond donors (Lipinski definition) is 2. The highest BCUT2D eigenvalue weighted by Gasteiger charge is 2.48. The van der Waals surface area contributed by atoms with E-state index in [4.69, 9.17) is 5.11 Å². The lowest BCUT2D eigenvalue weighted by molar-refractivity contribution is -0.127. The second-order valence-corrected chi connectivity index (χ2v) is 4.89. The molecule has 1 saturated carbocycles. The van der Waals surface area contributed by atoms with Gasteiger partial charge in [0.15, 0.2) is 0 Å². The summed E-state index contributed by atoms with van der Waals surface area (Å²) in [6, 6.07) is 0.432. The highest BCUT2D eigenvalue weighted by atomic mass is 16.3. The number of carbonyl (C=O) groups excluding carboxylic acids is 1. The van der Waals surface area contributed by atoms with Crippen LogP contribution in [0.3, 0.4) is 0 Å². The predicted octanol–water partition coefficient (Wildman–Crippen LogP) is 0.859. The van der Waals surface area contributed by atoms with Gasteiger partial charge in [-0.05, 0) is 19.3 Å². The summed E-state index contributed by atoms with van der Waals surface area (Å²) in [5, 5.41) is 12.5. The van der Waals surface area contributed by atoms with E-state index in [2.05, 4.69) is 12.2 Å². The minimum atomic E-state index is -0.204. The molecule has 3 unspecified atom stereocenters. The van der Waals surface area contributed by atoms with Crippen LogP contribution in [0.4, 0.5) is 0 Å². The number of Topliss-reactive ketones (excluding diaryl/α,β-unsaturated/α-hetero) is 1. The van der Waals surface area contributed by atoms with Crippen LogP contribution in [0.15, 0.2) is 0 Å². The third-order valence-corrected chi connectivity index (χ3v) is 3.88. The van der Waals surface area contributed by atoms with Gasteiger partial charge in [-0.25, -0.2) is 0 Å². The fourth-order valence-electron chi connectivity index (χ4n) is 2.93. The predicted molar refractivity (Wildman–Crippen MR) is 54.0 cm³/mol. The molecule has 3 nitrogen and oxygen atoms in total. The van der Waals surface area contributed by atoms with Crippen LogP contribution in [-0.2, 0) is 4.79 Å². The van der Waals surface area contributed by atoms with Crippen LogP contribution in [0, 0.1) is 5.41 Å². The molecule has 3 heteroatoms. The van der Waals surface area contributed by atoms with Gasteiger partial charge in [0.25, 0.3) is 0 Å². The first-order chi connectivity index (χ1) is 6.66. The van der Waals surface area contributed by atoms with Crippen molar-refractivity contribution in [3.63, 3.8) is 0 Å². The Morgan fingerprint density at radius 1 is 1.57 bits per heavy atom. The van der Waals surface area contributed by atoms with Crippen molar-refractivity contribution in [1.82, 2.24) is 5.32 Å². The van der Waals surface area contributed by atoms with Crippen LogP contribution in [0.25, 0.3) is 0 Å². The van der Waals surface area contributed by atoms with Crippen LogP contribution in [-0.4, -0.2) is 29.6 Å². The topological polar surface area (TPSA) is 49.3 Å². The Morgan fingerprint density at radius 3 is 3.07 bits per heavy atom. The van der Waals surface area contributed by atoms with Crippen molar-refractivity contribution in [1.29, 1.82) is 0 Å². The maximum absolute atomic E-state index is 12.0. The maximum atomic E-state index is 12.0. The lowest BCUT2D eigenvalue weighted by Crippen LogP contribution is -2.39. The molecule has 14 heavy (non-hydrogen) atoms. The number of nitrogens with one attached hydrogen (secondary N) is 1. The minimum Gasteiger partial charge on any atom is -0.395 e. The average Bonchev–Trinajstić information content (AvgIpc) is 2.45. The van der Waals surface area contributed by atoms with Gasteiger partial charge in [-0.2, -0.15) is 0 Å². The Kier molecular flexibility index (Phi) is 2.62. The fourth-order valence-corrected chi connectivity index (χ4v) is 2.93. The Balaban J connectivity index is 2.19. The van der Waals surface area contributed by atoms with Gasteiger partial charge in [0.2, 0.25) is 0 Å². The van der Waals surface area contributed by atoms with E-state index >= 15 is 0 Å². The number of fused-ring (bicyclic) bond motifs is 1. The van der Waals surface area contributed by atoms with Crippen molar-refractivity contribution < 1.29 is 9.90 Å². The normalized spacial score (nSPS) is 43.4. The quantitative estimate of drug-likeness (QED) is 0.655. The second-order valence-electron chi connectivity index (χ2n) is 4.89. The van der Waals surface area contributed by atoms with E-state index in [1.165, 1.54) is 0 Å². The first kappa shape index (κ1) is 10.1. The molecule has 1 aliphatic heterocycles. The zero-order chi connectivity index (χ0) is 10.2. The van der Waals surface area contributed by atoms with E-state index in [9.17, 15) is 4.79 Å². The van der Waals surface area contributed by atoms with Gasteiger partial charge in [-0.15, -0.1) is 0 Å². The number of carbonyl (C=O) groups is 1. The number of ketones is 1. The monoisotopic (exact) mass is 197 g/mol. The van der Waals surface area contributed by atoms with E-state index in [0.717, 1.165) is 32.1 Å². The summed E-state index contributed by atoms with van der Waals surface area (Å²) in [4.78, 5) is 12.0. The molecule has 0 aromatic carbocycles. The van der Waals surface area contributed by atoms with Crippen molar-refractivity contribution in [3.8, 4) is 0 Å². The fraction of sp³-hybridized carbons (Fsp3) is 0.909. The van der Waals surface area contributed by atoms with Crippen molar-refractivity contribution in [3.05, 3.63) is 0 Å². The lowest BCUT2D eigenvalue weighted by atomic mass is 9.77. The summed E-state index contributed by atoms with van der Waals surface area (Å²) in [6.07, 6.45) is 4.80. The highest BCUT2D eigenvalue weighted by Crippen LogP contribution is 2.40. The van der Waals surface area contributed by atoms with E-state index in [1.54, 1.807) is 0 Å². The zero-order valence-corrected chi connectivity index (χ0v) is 8.75. The van der Waals surface area contributed by atoms with Crippen LogP contribution in [0.2, 0.25) is 0 Å². The summed E-state index contributed by atoms with van der Waals surface area (Å²) in [5.74, 6) is 0.392. The van der Waals surface area contributed by atoms with E-state index in [-0.39, 0.29) is 18.1 Å². The van der Waals surface area contributed by atoms with Crippen LogP contribution < -0.4 is 5.32 Å². The van der Waals surface area contributed by atoms with Gasteiger partial charge in [0.05, 0.1) is 6.61 Å². The molecular weight excluding hydrogens is 178 g/mol. The van der Waals surface area contributed by atoms with E-state index in [1.807, 2.05) is 0 Å². The molecule has 0 aromatic rings. The van der Waals surface area contributed by atoms with Crippen molar-refractivity contribution in [2.75, 3.05) is 6.61 Å².